The number of morpholine rings is 1. The fourth-order valence-electron chi connectivity index (χ4n) is 4.17. The molecule has 8 heteroatoms. The van der Waals surface area contributed by atoms with Crippen LogP contribution in [-0.2, 0) is 9.53 Å². The molecule has 0 bridgehead atoms. The highest BCUT2D eigenvalue weighted by atomic mass is 19.1. The summed E-state index contributed by atoms with van der Waals surface area (Å²) >= 11 is 0. The molecule has 2 aliphatic rings. The second-order valence-electron chi connectivity index (χ2n) is 8.68. The molecule has 2 N–H and O–H groups in total. The molecular formula is C22H33FN4O3. The van der Waals surface area contributed by atoms with E-state index in [-0.39, 0.29) is 41.9 Å². The minimum Gasteiger partial charge on any atom is -0.372 e. The number of carbonyl (C=O) groups excluding carboxylic acids is 2. The lowest BCUT2D eigenvalue weighted by Crippen LogP contribution is -2.46. The van der Waals surface area contributed by atoms with E-state index in [1.165, 1.54) is 6.07 Å². The first-order chi connectivity index (χ1) is 14.2. The van der Waals surface area contributed by atoms with Gasteiger partial charge in [0.05, 0.1) is 17.9 Å². The van der Waals surface area contributed by atoms with Crippen molar-refractivity contribution in [1.29, 1.82) is 0 Å². The molecular weight excluding hydrogens is 387 g/mol. The number of ether oxygens (including phenoxy) is 1. The monoisotopic (exact) mass is 420 g/mol. The molecule has 2 aliphatic heterocycles. The topological polar surface area (TPSA) is 73.9 Å². The average Bonchev–Trinajstić information content (AvgIpc) is 2.67. The summed E-state index contributed by atoms with van der Waals surface area (Å²) in [6.45, 7) is 10.1. The zero-order valence-corrected chi connectivity index (χ0v) is 18.3. The van der Waals surface area contributed by atoms with Gasteiger partial charge < -0.3 is 25.2 Å². The minimum absolute atomic E-state index is 0.0399. The van der Waals surface area contributed by atoms with Gasteiger partial charge in [-0.1, -0.05) is 0 Å². The normalized spacial score (nSPS) is 22.9. The summed E-state index contributed by atoms with van der Waals surface area (Å²) in [5.74, 6) is -0.376. The van der Waals surface area contributed by atoms with Crippen molar-refractivity contribution in [2.24, 2.45) is 5.92 Å². The van der Waals surface area contributed by atoms with E-state index >= 15 is 0 Å². The van der Waals surface area contributed by atoms with Gasteiger partial charge in [0.15, 0.2) is 0 Å². The number of nitrogens with one attached hydrogen (secondary N) is 2. The molecule has 2 saturated heterocycles. The molecule has 2 atom stereocenters. The molecule has 0 aromatic heterocycles. The minimum atomic E-state index is -0.363. The van der Waals surface area contributed by atoms with E-state index in [9.17, 15) is 14.0 Å². The molecule has 7 nitrogen and oxygen atoms in total. The molecule has 0 radical (unpaired) electrons. The number of benzene rings is 1. The van der Waals surface area contributed by atoms with Gasteiger partial charge in [0, 0.05) is 43.8 Å². The van der Waals surface area contributed by atoms with Crippen molar-refractivity contribution in [1.82, 2.24) is 10.2 Å². The Kier molecular flexibility index (Phi) is 7.18. The van der Waals surface area contributed by atoms with E-state index in [2.05, 4.69) is 10.6 Å². The van der Waals surface area contributed by atoms with E-state index in [4.69, 9.17) is 4.74 Å². The van der Waals surface area contributed by atoms with Crippen molar-refractivity contribution < 1.29 is 18.7 Å². The zero-order chi connectivity index (χ0) is 21.8. The molecule has 2 fully saturated rings. The summed E-state index contributed by atoms with van der Waals surface area (Å²) in [5.41, 5.74) is 0.947. The molecule has 1 aromatic carbocycles. The standard InChI is InChI=1S/C22H33FN4O3/c1-14(2)24-21(28)17-7-9-26(10-8-17)22(29)25-18-5-6-20(19(23)11-18)27-12-15(3)30-16(4)13-27/h5-6,11,14-17H,7-10,12-13H2,1-4H3,(H,24,28)(H,25,29). The largest absolute Gasteiger partial charge is 0.372 e. The van der Waals surface area contributed by atoms with Crippen LogP contribution in [0.15, 0.2) is 18.2 Å². The van der Waals surface area contributed by atoms with Crippen LogP contribution in [-0.4, -0.2) is 61.3 Å². The van der Waals surface area contributed by atoms with Gasteiger partial charge in [-0.25, -0.2) is 9.18 Å². The Labute approximate surface area is 177 Å². The third-order valence-corrected chi connectivity index (χ3v) is 5.54. The Balaban J connectivity index is 1.55. The van der Waals surface area contributed by atoms with Crippen LogP contribution in [0.2, 0.25) is 0 Å². The molecule has 166 valence electrons. The third-order valence-electron chi connectivity index (χ3n) is 5.54. The summed E-state index contributed by atoms with van der Waals surface area (Å²) in [7, 11) is 0. The van der Waals surface area contributed by atoms with Gasteiger partial charge >= 0.3 is 6.03 Å². The number of amides is 3. The van der Waals surface area contributed by atoms with Gasteiger partial charge in [0.25, 0.3) is 0 Å². The summed E-state index contributed by atoms with van der Waals surface area (Å²) in [6.07, 6.45) is 1.34. The van der Waals surface area contributed by atoms with E-state index < -0.39 is 0 Å². The number of nitrogens with zero attached hydrogens (tertiary/aromatic N) is 2. The number of hydrogen-bond donors (Lipinski definition) is 2. The third kappa shape index (κ3) is 5.62. The smallest absolute Gasteiger partial charge is 0.321 e. The molecule has 30 heavy (non-hydrogen) atoms. The highest BCUT2D eigenvalue weighted by Crippen LogP contribution is 2.26. The maximum Gasteiger partial charge on any atom is 0.321 e. The van der Waals surface area contributed by atoms with Crippen molar-refractivity contribution in [2.75, 3.05) is 36.4 Å². The van der Waals surface area contributed by atoms with Crippen molar-refractivity contribution in [3.8, 4) is 0 Å². The number of hydrogen-bond acceptors (Lipinski definition) is 4. The van der Waals surface area contributed by atoms with Crippen LogP contribution in [0.4, 0.5) is 20.6 Å². The summed E-state index contributed by atoms with van der Waals surface area (Å²) < 4.78 is 20.4. The second-order valence-corrected chi connectivity index (χ2v) is 8.68. The van der Waals surface area contributed by atoms with Gasteiger partial charge in [-0.2, -0.15) is 0 Å². The fraction of sp³-hybridized carbons (Fsp3) is 0.636. The first-order valence-corrected chi connectivity index (χ1v) is 10.8. The number of likely N-dealkylation sites (tertiary alicyclic amines) is 1. The van der Waals surface area contributed by atoms with Gasteiger partial charge in [-0.15, -0.1) is 0 Å². The Morgan fingerprint density at radius 2 is 1.77 bits per heavy atom. The van der Waals surface area contributed by atoms with E-state index in [1.54, 1.807) is 17.0 Å². The Hall–Kier alpha value is -2.35. The van der Waals surface area contributed by atoms with Crippen LogP contribution in [0.5, 0.6) is 0 Å². The first kappa shape index (κ1) is 22.3. The van der Waals surface area contributed by atoms with Gasteiger partial charge in [0.1, 0.15) is 5.82 Å². The lowest BCUT2D eigenvalue weighted by atomic mass is 9.96. The molecule has 3 amide bonds. The molecule has 2 unspecified atom stereocenters. The number of urea groups is 1. The van der Waals surface area contributed by atoms with Crippen molar-refractivity contribution in [3.05, 3.63) is 24.0 Å². The summed E-state index contributed by atoms with van der Waals surface area (Å²) in [5, 5.41) is 5.71. The molecule has 1 aromatic rings. The van der Waals surface area contributed by atoms with Crippen LogP contribution in [0.1, 0.15) is 40.5 Å². The summed E-state index contributed by atoms with van der Waals surface area (Å²) in [6, 6.07) is 4.64. The van der Waals surface area contributed by atoms with E-state index in [1.807, 2.05) is 32.6 Å². The predicted octanol–water partition coefficient (Wildman–Crippen LogP) is 3.21. The Bertz CT molecular complexity index is 755. The second kappa shape index (κ2) is 9.64. The molecule has 0 spiro atoms. The van der Waals surface area contributed by atoms with Crippen LogP contribution in [0, 0.1) is 11.7 Å². The zero-order valence-electron chi connectivity index (χ0n) is 18.3. The SMILES string of the molecule is CC(C)NC(=O)C1CCN(C(=O)Nc2ccc(N3CC(C)OC(C)C3)c(F)c2)CC1. The van der Waals surface area contributed by atoms with Gasteiger partial charge in [-0.3, -0.25) is 4.79 Å². The fourth-order valence-corrected chi connectivity index (χ4v) is 4.17. The number of piperidine rings is 1. The number of anilines is 2. The highest BCUT2D eigenvalue weighted by Gasteiger charge is 2.28. The first-order valence-electron chi connectivity index (χ1n) is 10.8. The van der Waals surface area contributed by atoms with Crippen LogP contribution in [0.25, 0.3) is 0 Å². The quantitative estimate of drug-likeness (QED) is 0.785. The maximum absolute atomic E-state index is 14.7. The molecule has 0 saturated carbocycles. The lowest BCUT2D eigenvalue weighted by molar-refractivity contribution is -0.126. The Morgan fingerprint density at radius 1 is 1.13 bits per heavy atom. The van der Waals surface area contributed by atoms with Gasteiger partial charge in [-0.05, 0) is 58.7 Å². The molecule has 0 aliphatic carbocycles. The lowest BCUT2D eigenvalue weighted by Gasteiger charge is -2.37. The molecule has 2 heterocycles. The highest BCUT2D eigenvalue weighted by molar-refractivity contribution is 5.90. The van der Waals surface area contributed by atoms with Crippen molar-refractivity contribution in [3.63, 3.8) is 0 Å². The Morgan fingerprint density at radius 3 is 2.33 bits per heavy atom. The number of halogens is 1. The van der Waals surface area contributed by atoms with Crippen molar-refractivity contribution >= 4 is 23.3 Å². The predicted molar refractivity (Wildman–Crippen MR) is 115 cm³/mol. The van der Waals surface area contributed by atoms with E-state index in [0.717, 1.165) is 0 Å². The van der Waals surface area contributed by atoms with Crippen LogP contribution in [0.3, 0.4) is 0 Å². The molecule has 3 rings (SSSR count). The maximum atomic E-state index is 14.7. The average molecular weight is 421 g/mol. The van der Waals surface area contributed by atoms with Crippen LogP contribution >= 0.6 is 0 Å². The van der Waals surface area contributed by atoms with Crippen molar-refractivity contribution in [2.45, 2.75) is 58.8 Å². The number of carbonyl (C=O) groups is 2. The summed E-state index contributed by atoms with van der Waals surface area (Å²) in [4.78, 5) is 28.4. The van der Waals surface area contributed by atoms with Gasteiger partial charge in [0.2, 0.25) is 5.91 Å². The van der Waals surface area contributed by atoms with Crippen LogP contribution < -0.4 is 15.5 Å². The van der Waals surface area contributed by atoms with E-state index in [0.29, 0.717) is 50.4 Å². The number of rotatable bonds is 4.